The Hall–Kier alpha value is -1.09. The molecule has 0 amide bonds. The van der Waals surface area contributed by atoms with Gasteiger partial charge in [-0.05, 0) is 37.8 Å². The molecule has 20 heavy (non-hydrogen) atoms. The van der Waals surface area contributed by atoms with Crippen LogP contribution in [0.5, 0.6) is 0 Å². The van der Waals surface area contributed by atoms with Crippen molar-refractivity contribution in [2.45, 2.75) is 52.0 Å². The molecule has 2 atom stereocenters. The standard InChI is InChI=1S/C16H22ClN3/c1-11-5-3-4-6-14(11)20-15(9-10-17)19-13-8-7-12(2)18-16(13)20/h7-8,11,14H,3-6,9-10H2,1-2H3. The molecule has 1 saturated carbocycles. The van der Waals surface area contributed by atoms with E-state index in [1.54, 1.807) is 0 Å². The first-order chi connectivity index (χ1) is 9.70. The van der Waals surface area contributed by atoms with E-state index in [1.165, 1.54) is 25.7 Å². The van der Waals surface area contributed by atoms with Crippen LogP contribution < -0.4 is 0 Å². The number of rotatable bonds is 3. The second kappa shape index (κ2) is 5.72. The first kappa shape index (κ1) is 13.9. The Morgan fingerprint density at radius 3 is 2.80 bits per heavy atom. The molecule has 0 radical (unpaired) electrons. The lowest BCUT2D eigenvalue weighted by atomic mass is 9.85. The number of nitrogens with zero attached hydrogens (tertiary/aromatic N) is 3. The van der Waals surface area contributed by atoms with Gasteiger partial charge in [-0.2, -0.15) is 0 Å². The summed E-state index contributed by atoms with van der Waals surface area (Å²) < 4.78 is 2.38. The van der Waals surface area contributed by atoms with E-state index in [9.17, 15) is 0 Å². The monoisotopic (exact) mass is 291 g/mol. The van der Waals surface area contributed by atoms with Gasteiger partial charge in [-0.15, -0.1) is 11.6 Å². The number of alkyl halides is 1. The van der Waals surface area contributed by atoms with Crippen LogP contribution in [0.1, 0.15) is 50.2 Å². The Balaban J connectivity index is 2.14. The molecular formula is C16H22ClN3. The zero-order valence-electron chi connectivity index (χ0n) is 12.3. The average Bonchev–Trinajstić information content (AvgIpc) is 2.77. The fourth-order valence-corrected chi connectivity index (χ4v) is 3.57. The van der Waals surface area contributed by atoms with Gasteiger partial charge in [-0.1, -0.05) is 19.8 Å². The summed E-state index contributed by atoms with van der Waals surface area (Å²) in [5.74, 6) is 2.41. The summed E-state index contributed by atoms with van der Waals surface area (Å²) in [5, 5.41) is 0. The summed E-state index contributed by atoms with van der Waals surface area (Å²) in [7, 11) is 0. The van der Waals surface area contributed by atoms with Gasteiger partial charge in [-0.25, -0.2) is 9.97 Å². The Labute approximate surface area is 125 Å². The maximum absolute atomic E-state index is 5.97. The van der Waals surface area contributed by atoms with Crippen LogP contribution in [-0.4, -0.2) is 20.4 Å². The molecule has 1 aliphatic rings. The minimum atomic E-state index is 0.529. The SMILES string of the molecule is Cc1ccc2nc(CCCl)n(C3CCCCC3C)c2n1. The number of hydrogen-bond acceptors (Lipinski definition) is 2. The highest BCUT2D eigenvalue weighted by atomic mass is 35.5. The molecule has 2 aromatic rings. The van der Waals surface area contributed by atoms with Gasteiger partial charge in [0, 0.05) is 24.0 Å². The van der Waals surface area contributed by atoms with Crippen molar-refractivity contribution in [3.05, 3.63) is 23.7 Å². The molecule has 0 aromatic carbocycles. The summed E-state index contributed by atoms with van der Waals surface area (Å²) in [6.45, 7) is 4.40. The van der Waals surface area contributed by atoms with E-state index in [-0.39, 0.29) is 0 Å². The maximum atomic E-state index is 5.97. The van der Waals surface area contributed by atoms with Crippen LogP contribution in [0.25, 0.3) is 11.2 Å². The first-order valence-corrected chi connectivity index (χ1v) is 8.14. The predicted octanol–water partition coefficient (Wildman–Crippen LogP) is 4.27. The maximum Gasteiger partial charge on any atom is 0.160 e. The van der Waals surface area contributed by atoms with Gasteiger partial charge in [-0.3, -0.25) is 0 Å². The third-order valence-corrected chi connectivity index (χ3v) is 4.65. The van der Waals surface area contributed by atoms with Crippen LogP contribution in [0.4, 0.5) is 0 Å². The van der Waals surface area contributed by atoms with Crippen molar-refractivity contribution in [1.29, 1.82) is 0 Å². The van der Waals surface area contributed by atoms with Gasteiger partial charge in [0.1, 0.15) is 11.3 Å². The van der Waals surface area contributed by atoms with Gasteiger partial charge < -0.3 is 4.57 Å². The van der Waals surface area contributed by atoms with Crippen molar-refractivity contribution in [3.63, 3.8) is 0 Å². The van der Waals surface area contributed by atoms with E-state index in [0.29, 0.717) is 17.8 Å². The molecule has 1 fully saturated rings. The molecule has 0 saturated heterocycles. The molecule has 0 spiro atoms. The minimum Gasteiger partial charge on any atom is -0.309 e. The zero-order chi connectivity index (χ0) is 14.1. The van der Waals surface area contributed by atoms with Crippen molar-refractivity contribution < 1.29 is 0 Å². The quantitative estimate of drug-likeness (QED) is 0.791. The van der Waals surface area contributed by atoms with E-state index < -0.39 is 0 Å². The number of hydrogen-bond donors (Lipinski definition) is 0. The molecular weight excluding hydrogens is 270 g/mol. The summed E-state index contributed by atoms with van der Waals surface area (Å²) in [4.78, 5) is 9.51. The molecule has 108 valence electrons. The van der Waals surface area contributed by atoms with E-state index in [0.717, 1.165) is 29.1 Å². The van der Waals surface area contributed by atoms with Crippen molar-refractivity contribution in [1.82, 2.24) is 14.5 Å². The summed E-state index contributed by atoms with van der Waals surface area (Å²) in [6, 6.07) is 4.65. The lowest BCUT2D eigenvalue weighted by molar-refractivity contribution is 0.257. The number of fused-ring (bicyclic) bond motifs is 1. The smallest absolute Gasteiger partial charge is 0.160 e. The highest BCUT2D eigenvalue weighted by Crippen LogP contribution is 2.36. The highest BCUT2D eigenvalue weighted by molar-refractivity contribution is 6.17. The van der Waals surface area contributed by atoms with E-state index in [1.807, 2.05) is 13.0 Å². The van der Waals surface area contributed by atoms with Crippen LogP contribution >= 0.6 is 11.6 Å². The van der Waals surface area contributed by atoms with Gasteiger partial charge in [0.05, 0.1) is 0 Å². The molecule has 0 aliphatic heterocycles. The molecule has 2 unspecified atom stereocenters. The van der Waals surface area contributed by atoms with Crippen LogP contribution in [0.15, 0.2) is 12.1 Å². The number of aromatic nitrogens is 3. The summed E-state index contributed by atoms with van der Waals surface area (Å²) >= 11 is 5.97. The lowest BCUT2D eigenvalue weighted by Gasteiger charge is -2.31. The predicted molar refractivity (Wildman–Crippen MR) is 83.4 cm³/mol. The number of pyridine rings is 1. The molecule has 3 nitrogen and oxygen atoms in total. The normalized spacial score (nSPS) is 23.4. The third-order valence-electron chi connectivity index (χ3n) is 4.47. The number of halogens is 1. The molecule has 0 N–H and O–H groups in total. The van der Waals surface area contributed by atoms with E-state index in [2.05, 4.69) is 17.6 Å². The summed E-state index contributed by atoms with van der Waals surface area (Å²) in [6.07, 6.45) is 6.01. The molecule has 2 aromatic heterocycles. The second-order valence-electron chi connectivity index (χ2n) is 5.96. The van der Waals surface area contributed by atoms with Crippen molar-refractivity contribution in [2.24, 2.45) is 5.92 Å². The summed E-state index contributed by atoms with van der Waals surface area (Å²) in [5.41, 5.74) is 3.11. The second-order valence-corrected chi connectivity index (χ2v) is 6.34. The van der Waals surface area contributed by atoms with Crippen molar-refractivity contribution >= 4 is 22.8 Å². The largest absolute Gasteiger partial charge is 0.309 e. The minimum absolute atomic E-state index is 0.529. The molecule has 0 bridgehead atoms. The zero-order valence-corrected chi connectivity index (χ0v) is 13.0. The third kappa shape index (κ3) is 2.44. The lowest BCUT2D eigenvalue weighted by Crippen LogP contribution is -2.23. The van der Waals surface area contributed by atoms with Crippen LogP contribution in [0.2, 0.25) is 0 Å². The van der Waals surface area contributed by atoms with Crippen molar-refractivity contribution in [2.75, 3.05) is 5.88 Å². The molecule has 2 heterocycles. The average molecular weight is 292 g/mol. The van der Waals surface area contributed by atoms with E-state index in [4.69, 9.17) is 21.6 Å². The Bertz CT molecular complexity index is 605. The highest BCUT2D eigenvalue weighted by Gasteiger charge is 2.27. The Kier molecular flexibility index (Phi) is 3.97. The van der Waals surface area contributed by atoms with Gasteiger partial charge in [0.15, 0.2) is 5.65 Å². The Morgan fingerprint density at radius 2 is 2.05 bits per heavy atom. The fraction of sp³-hybridized carbons (Fsp3) is 0.625. The fourth-order valence-electron chi connectivity index (χ4n) is 3.40. The molecule has 4 heteroatoms. The van der Waals surface area contributed by atoms with Crippen LogP contribution in [-0.2, 0) is 6.42 Å². The van der Waals surface area contributed by atoms with E-state index >= 15 is 0 Å². The molecule has 3 rings (SSSR count). The van der Waals surface area contributed by atoms with Crippen LogP contribution in [0, 0.1) is 12.8 Å². The number of aryl methyl sites for hydroxylation is 2. The van der Waals surface area contributed by atoms with Gasteiger partial charge in [0.2, 0.25) is 0 Å². The first-order valence-electron chi connectivity index (χ1n) is 7.61. The van der Waals surface area contributed by atoms with Crippen LogP contribution in [0.3, 0.4) is 0 Å². The molecule has 1 aliphatic carbocycles. The topological polar surface area (TPSA) is 30.7 Å². The van der Waals surface area contributed by atoms with Gasteiger partial charge in [0.25, 0.3) is 0 Å². The Morgan fingerprint density at radius 1 is 1.25 bits per heavy atom. The van der Waals surface area contributed by atoms with Gasteiger partial charge >= 0.3 is 0 Å². The number of imidazole rings is 1. The van der Waals surface area contributed by atoms with Crippen molar-refractivity contribution in [3.8, 4) is 0 Å².